The molecule has 1 rings (SSSR count). The first-order chi connectivity index (χ1) is 6.25. The number of hydrazine groups is 1. The Morgan fingerprint density at radius 1 is 1.43 bits per heavy atom. The van der Waals surface area contributed by atoms with Crippen molar-refractivity contribution in [1.29, 1.82) is 0 Å². The second-order valence-corrected chi connectivity index (χ2v) is 5.12. The molecule has 14 heavy (non-hydrogen) atoms. The number of amides is 1. The molecule has 2 atom stereocenters. The van der Waals surface area contributed by atoms with E-state index in [9.17, 15) is 9.18 Å². The summed E-state index contributed by atoms with van der Waals surface area (Å²) in [5.74, 6) is -0.407. The van der Waals surface area contributed by atoms with Crippen LogP contribution in [-0.4, -0.2) is 42.2 Å². The van der Waals surface area contributed by atoms with Gasteiger partial charge < -0.3 is 0 Å². The standard InChI is InChI=1S/C10H19FN2O/c1-10(2,3)8-6-7(11)9(14)13(8)12(4)5/h7-8H,6H2,1-5H3. The normalized spacial score (nSPS) is 29.1. The summed E-state index contributed by atoms with van der Waals surface area (Å²) in [7, 11) is 3.54. The van der Waals surface area contributed by atoms with Gasteiger partial charge in [-0.3, -0.25) is 9.80 Å². The first-order valence-corrected chi connectivity index (χ1v) is 4.89. The molecule has 0 bridgehead atoms. The molecule has 1 amide bonds. The van der Waals surface area contributed by atoms with Gasteiger partial charge in [0, 0.05) is 20.5 Å². The average Bonchev–Trinajstić information content (AvgIpc) is 2.27. The van der Waals surface area contributed by atoms with E-state index >= 15 is 0 Å². The van der Waals surface area contributed by atoms with Gasteiger partial charge in [-0.15, -0.1) is 0 Å². The molecule has 3 nitrogen and oxygen atoms in total. The van der Waals surface area contributed by atoms with E-state index in [2.05, 4.69) is 0 Å². The first-order valence-electron chi connectivity index (χ1n) is 4.89. The maximum Gasteiger partial charge on any atom is 0.271 e. The summed E-state index contributed by atoms with van der Waals surface area (Å²) in [6.45, 7) is 6.08. The molecular weight excluding hydrogens is 183 g/mol. The number of hydrogen-bond donors (Lipinski definition) is 0. The Kier molecular flexibility index (Phi) is 2.86. The van der Waals surface area contributed by atoms with Crippen LogP contribution in [0.25, 0.3) is 0 Å². The van der Waals surface area contributed by atoms with E-state index in [1.165, 1.54) is 5.01 Å². The molecule has 2 unspecified atom stereocenters. The van der Waals surface area contributed by atoms with Crippen LogP contribution in [0, 0.1) is 5.41 Å². The van der Waals surface area contributed by atoms with Crippen LogP contribution in [0.3, 0.4) is 0 Å². The Bertz CT molecular complexity index is 235. The lowest BCUT2D eigenvalue weighted by Gasteiger charge is -2.37. The molecule has 0 aliphatic carbocycles. The highest BCUT2D eigenvalue weighted by molar-refractivity contribution is 5.83. The number of alkyl halides is 1. The van der Waals surface area contributed by atoms with Gasteiger partial charge in [-0.05, 0) is 5.41 Å². The fourth-order valence-corrected chi connectivity index (χ4v) is 1.89. The summed E-state index contributed by atoms with van der Waals surface area (Å²) in [5.41, 5.74) is -0.0826. The van der Waals surface area contributed by atoms with E-state index in [4.69, 9.17) is 0 Å². The van der Waals surface area contributed by atoms with Crippen molar-refractivity contribution in [2.45, 2.75) is 39.4 Å². The predicted octanol–water partition coefficient (Wildman–Crippen LogP) is 1.45. The third-order valence-electron chi connectivity index (χ3n) is 2.65. The van der Waals surface area contributed by atoms with E-state index in [1.807, 2.05) is 20.8 Å². The number of hydrogen-bond acceptors (Lipinski definition) is 2. The third-order valence-corrected chi connectivity index (χ3v) is 2.65. The average molecular weight is 202 g/mol. The van der Waals surface area contributed by atoms with Crippen LogP contribution < -0.4 is 0 Å². The van der Waals surface area contributed by atoms with Crippen LogP contribution in [0.15, 0.2) is 0 Å². The number of carbonyl (C=O) groups is 1. The van der Waals surface area contributed by atoms with Gasteiger partial charge in [0.2, 0.25) is 0 Å². The Hall–Kier alpha value is -0.640. The number of carbonyl (C=O) groups excluding carboxylic acids is 1. The van der Waals surface area contributed by atoms with Crippen LogP contribution in [0.2, 0.25) is 0 Å². The minimum absolute atomic E-state index is 0.0417. The van der Waals surface area contributed by atoms with Gasteiger partial charge >= 0.3 is 0 Å². The SMILES string of the molecule is CN(C)N1C(=O)C(F)CC1C(C)(C)C. The molecule has 0 N–H and O–H groups in total. The fourth-order valence-electron chi connectivity index (χ4n) is 1.89. The Morgan fingerprint density at radius 2 is 1.93 bits per heavy atom. The fraction of sp³-hybridized carbons (Fsp3) is 0.900. The number of nitrogens with zero attached hydrogens (tertiary/aromatic N) is 2. The highest BCUT2D eigenvalue weighted by atomic mass is 19.1. The minimum atomic E-state index is -1.33. The molecule has 4 heteroatoms. The molecule has 1 saturated heterocycles. The van der Waals surface area contributed by atoms with Crippen LogP contribution in [0.4, 0.5) is 4.39 Å². The quantitative estimate of drug-likeness (QED) is 0.642. The summed E-state index contributed by atoms with van der Waals surface area (Å²) in [6.07, 6.45) is -1.03. The maximum atomic E-state index is 13.3. The lowest BCUT2D eigenvalue weighted by Crippen LogP contribution is -2.49. The van der Waals surface area contributed by atoms with Crippen molar-refractivity contribution in [3.63, 3.8) is 0 Å². The second kappa shape index (κ2) is 3.50. The highest BCUT2D eigenvalue weighted by Gasteiger charge is 2.46. The first kappa shape index (κ1) is 11.4. The lowest BCUT2D eigenvalue weighted by molar-refractivity contribution is -0.149. The lowest BCUT2D eigenvalue weighted by atomic mass is 9.85. The molecule has 0 radical (unpaired) electrons. The predicted molar refractivity (Wildman–Crippen MR) is 53.3 cm³/mol. The van der Waals surface area contributed by atoms with Crippen molar-refractivity contribution in [3.05, 3.63) is 0 Å². The van der Waals surface area contributed by atoms with Crippen molar-refractivity contribution in [1.82, 2.24) is 10.0 Å². The second-order valence-electron chi connectivity index (χ2n) is 5.12. The molecule has 1 aliphatic heterocycles. The van der Waals surface area contributed by atoms with Gasteiger partial charge in [-0.1, -0.05) is 20.8 Å². The van der Waals surface area contributed by atoms with Gasteiger partial charge in [0.1, 0.15) is 0 Å². The molecule has 82 valence electrons. The number of rotatable bonds is 1. The molecule has 0 spiro atoms. The van der Waals surface area contributed by atoms with Crippen LogP contribution in [0.5, 0.6) is 0 Å². The van der Waals surface area contributed by atoms with Crippen molar-refractivity contribution in [3.8, 4) is 0 Å². The van der Waals surface area contributed by atoms with Gasteiger partial charge in [0.05, 0.1) is 6.04 Å². The molecule has 1 fully saturated rings. The van der Waals surface area contributed by atoms with Crippen LogP contribution in [-0.2, 0) is 4.79 Å². The van der Waals surface area contributed by atoms with Crippen LogP contribution >= 0.6 is 0 Å². The van der Waals surface area contributed by atoms with E-state index < -0.39 is 12.1 Å². The van der Waals surface area contributed by atoms with E-state index in [-0.39, 0.29) is 11.5 Å². The molecule has 1 aliphatic rings. The molecule has 1 heterocycles. The smallest absolute Gasteiger partial charge is 0.270 e. The van der Waals surface area contributed by atoms with Crippen molar-refractivity contribution in [2.75, 3.05) is 14.1 Å². The topological polar surface area (TPSA) is 23.6 Å². The summed E-state index contributed by atoms with van der Waals surface area (Å²) < 4.78 is 13.3. The Labute approximate surface area is 84.8 Å². The summed E-state index contributed by atoms with van der Waals surface area (Å²) in [4.78, 5) is 11.5. The zero-order valence-corrected chi connectivity index (χ0v) is 9.54. The van der Waals surface area contributed by atoms with E-state index in [1.54, 1.807) is 19.1 Å². The molecule has 0 aromatic rings. The largest absolute Gasteiger partial charge is 0.271 e. The van der Waals surface area contributed by atoms with Crippen molar-refractivity contribution in [2.24, 2.45) is 5.41 Å². The molecule has 0 aromatic carbocycles. The van der Waals surface area contributed by atoms with Crippen LogP contribution in [0.1, 0.15) is 27.2 Å². The molecule has 0 saturated carbocycles. The zero-order chi connectivity index (χ0) is 11.1. The zero-order valence-electron chi connectivity index (χ0n) is 9.54. The summed E-state index contributed by atoms with van der Waals surface area (Å²) in [5, 5.41) is 3.21. The summed E-state index contributed by atoms with van der Waals surface area (Å²) in [6, 6.07) is -0.0417. The monoisotopic (exact) mass is 202 g/mol. The third kappa shape index (κ3) is 1.90. The highest BCUT2D eigenvalue weighted by Crippen LogP contribution is 2.34. The van der Waals surface area contributed by atoms with Crippen molar-refractivity contribution < 1.29 is 9.18 Å². The summed E-state index contributed by atoms with van der Waals surface area (Å²) >= 11 is 0. The van der Waals surface area contributed by atoms with Gasteiger partial charge in [-0.25, -0.2) is 9.40 Å². The van der Waals surface area contributed by atoms with Gasteiger partial charge in [0.15, 0.2) is 6.17 Å². The van der Waals surface area contributed by atoms with E-state index in [0.717, 1.165) is 0 Å². The van der Waals surface area contributed by atoms with Crippen molar-refractivity contribution >= 4 is 5.91 Å². The van der Waals surface area contributed by atoms with Gasteiger partial charge in [0.25, 0.3) is 5.91 Å². The molecule has 0 aromatic heterocycles. The Morgan fingerprint density at radius 3 is 2.21 bits per heavy atom. The maximum absolute atomic E-state index is 13.3. The number of halogens is 1. The Balaban J connectivity index is 2.92. The molecular formula is C10H19FN2O. The van der Waals surface area contributed by atoms with E-state index in [0.29, 0.717) is 6.42 Å². The minimum Gasteiger partial charge on any atom is -0.270 e. The van der Waals surface area contributed by atoms with Gasteiger partial charge in [-0.2, -0.15) is 0 Å².